The van der Waals surface area contributed by atoms with Crippen LogP contribution in [0.3, 0.4) is 0 Å². The van der Waals surface area contributed by atoms with Crippen molar-refractivity contribution in [1.29, 1.82) is 0 Å². The Kier molecular flexibility index (Phi) is 7.51. The Morgan fingerprint density at radius 2 is 1.75 bits per heavy atom. The summed E-state index contributed by atoms with van der Waals surface area (Å²) in [5.41, 5.74) is -0.423. The second-order valence-corrected chi connectivity index (χ2v) is 6.58. The van der Waals surface area contributed by atoms with E-state index in [1.165, 1.54) is 18.7 Å². The molecule has 1 saturated heterocycles. The zero-order valence-electron chi connectivity index (χ0n) is 14.3. The maximum atomic E-state index is 11.6. The summed E-state index contributed by atoms with van der Waals surface area (Å²) in [6, 6.07) is 9.81. The summed E-state index contributed by atoms with van der Waals surface area (Å²) in [5.74, 6) is -0.385. The molecule has 1 aromatic carbocycles. The minimum absolute atomic E-state index is 0.321. The molecule has 0 spiro atoms. The third-order valence-corrected chi connectivity index (χ3v) is 4.92. The molecule has 0 saturated carbocycles. The van der Waals surface area contributed by atoms with E-state index in [0.29, 0.717) is 6.61 Å². The van der Waals surface area contributed by atoms with Crippen LogP contribution in [-0.4, -0.2) is 63.8 Å². The molecule has 0 radical (unpaired) electrons. The topological polar surface area (TPSA) is 63.2 Å². The smallest absolute Gasteiger partial charge is 0.303 e. The summed E-state index contributed by atoms with van der Waals surface area (Å²) in [4.78, 5) is 12.6. The number of hydrogen-bond donors (Lipinski definition) is 0. The Bertz CT molecular complexity index is 511. The average molecular weight is 356 g/mol. The van der Waals surface area contributed by atoms with E-state index in [-0.39, 0.29) is 12.1 Å². The van der Waals surface area contributed by atoms with Crippen LogP contribution in [0.4, 0.5) is 0 Å². The fourth-order valence-electron chi connectivity index (χ4n) is 2.78. The van der Waals surface area contributed by atoms with Gasteiger partial charge < -0.3 is 23.7 Å². The van der Waals surface area contributed by atoms with Crippen molar-refractivity contribution >= 4 is 17.7 Å². The second kappa shape index (κ2) is 9.39. The molecule has 0 unspecified atom stereocenters. The highest BCUT2D eigenvalue weighted by Gasteiger charge is 2.48. The maximum Gasteiger partial charge on any atom is 0.303 e. The van der Waals surface area contributed by atoms with E-state index in [1.807, 2.05) is 30.3 Å². The first-order valence-corrected chi connectivity index (χ1v) is 8.57. The fourth-order valence-corrected chi connectivity index (χ4v) is 3.90. The molecular weight excluding hydrogens is 332 g/mol. The molecule has 1 fully saturated rings. The van der Waals surface area contributed by atoms with E-state index in [0.717, 1.165) is 4.90 Å². The third kappa shape index (κ3) is 4.70. The van der Waals surface area contributed by atoms with Crippen molar-refractivity contribution in [2.45, 2.75) is 41.7 Å². The highest BCUT2D eigenvalue weighted by Crippen LogP contribution is 2.36. The predicted molar refractivity (Wildman–Crippen MR) is 90.0 cm³/mol. The summed E-state index contributed by atoms with van der Waals surface area (Å²) in [5, 5.41) is 0. The van der Waals surface area contributed by atoms with Gasteiger partial charge in [-0.2, -0.15) is 0 Å². The van der Waals surface area contributed by atoms with E-state index in [2.05, 4.69) is 0 Å². The van der Waals surface area contributed by atoms with E-state index in [4.69, 9.17) is 23.7 Å². The fraction of sp³-hybridized carbons (Fsp3) is 0.588. The van der Waals surface area contributed by atoms with Crippen LogP contribution in [0.15, 0.2) is 35.2 Å². The van der Waals surface area contributed by atoms with Crippen LogP contribution in [0.1, 0.15) is 6.92 Å². The Labute approximate surface area is 146 Å². The minimum Gasteiger partial charge on any atom is -0.456 e. The van der Waals surface area contributed by atoms with Crippen molar-refractivity contribution < 1.29 is 28.5 Å². The van der Waals surface area contributed by atoms with Gasteiger partial charge in [-0.1, -0.05) is 30.0 Å². The van der Waals surface area contributed by atoms with E-state index in [9.17, 15) is 4.79 Å². The van der Waals surface area contributed by atoms with Gasteiger partial charge in [0.25, 0.3) is 0 Å². The van der Waals surface area contributed by atoms with E-state index in [1.54, 1.807) is 21.3 Å². The Hall–Kier alpha value is -1.12. The lowest BCUT2D eigenvalue weighted by Gasteiger charge is -2.44. The van der Waals surface area contributed by atoms with Gasteiger partial charge in [-0.05, 0) is 12.1 Å². The van der Waals surface area contributed by atoms with Crippen LogP contribution in [-0.2, 0) is 28.5 Å². The Morgan fingerprint density at radius 3 is 2.29 bits per heavy atom. The SMILES string of the molecule is COC[C@H]1O[C@@H](Sc2ccccc2)[C@H](OC(C)=O)[C@@H](OC)[C@@H]1OC. The van der Waals surface area contributed by atoms with Crippen LogP contribution < -0.4 is 0 Å². The molecule has 5 atom stereocenters. The van der Waals surface area contributed by atoms with Crippen molar-refractivity contribution in [2.75, 3.05) is 27.9 Å². The summed E-state index contributed by atoms with van der Waals surface area (Å²) < 4.78 is 28.0. The first-order chi connectivity index (χ1) is 11.6. The van der Waals surface area contributed by atoms with Crippen LogP contribution in [0.25, 0.3) is 0 Å². The number of thioether (sulfide) groups is 1. The standard InChI is InChI=1S/C17H24O6S/c1-11(18)22-16-15(21-4)14(20-3)13(10-19-2)23-17(16)24-12-8-6-5-7-9-12/h5-9,13-17H,10H2,1-4H3/t13-,14-,15+,16-,17+/m1/s1. The molecule has 1 aliphatic heterocycles. The molecule has 0 N–H and O–H groups in total. The van der Waals surface area contributed by atoms with Crippen molar-refractivity contribution in [3.63, 3.8) is 0 Å². The van der Waals surface area contributed by atoms with Gasteiger partial charge >= 0.3 is 5.97 Å². The van der Waals surface area contributed by atoms with Crippen molar-refractivity contribution in [3.05, 3.63) is 30.3 Å². The normalized spacial score (nSPS) is 30.1. The van der Waals surface area contributed by atoms with Gasteiger partial charge in [0.05, 0.1) is 6.61 Å². The van der Waals surface area contributed by atoms with E-state index < -0.39 is 23.7 Å². The molecule has 1 heterocycles. The van der Waals surface area contributed by atoms with Gasteiger partial charge in [-0.3, -0.25) is 4.79 Å². The lowest BCUT2D eigenvalue weighted by Crippen LogP contribution is -2.60. The number of carbonyl (C=O) groups is 1. The van der Waals surface area contributed by atoms with Gasteiger partial charge in [0.1, 0.15) is 23.7 Å². The van der Waals surface area contributed by atoms with Crippen molar-refractivity contribution in [1.82, 2.24) is 0 Å². The van der Waals surface area contributed by atoms with Crippen LogP contribution >= 0.6 is 11.8 Å². The summed E-state index contributed by atoms with van der Waals surface area (Å²) in [6.45, 7) is 1.73. The van der Waals surface area contributed by atoms with Gasteiger partial charge in [-0.15, -0.1) is 0 Å². The largest absolute Gasteiger partial charge is 0.456 e. The number of methoxy groups -OCH3 is 3. The van der Waals surface area contributed by atoms with Crippen LogP contribution in [0, 0.1) is 0 Å². The monoisotopic (exact) mass is 356 g/mol. The lowest BCUT2D eigenvalue weighted by molar-refractivity contribution is -0.232. The molecule has 0 amide bonds. The first kappa shape index (κ1) is 19.2. The number of hydrogen-bond acceptors (Lipinski definition) is 7. The molecule has 24 heavy (non-hydrogen) atoms. The Morgan fingerprint density at radius 1 is 1.08 bits per heavy atom. The molecule has 2 rings (SSSR count). The number of esters is 1. The van der Waals surface area contributed by atoms with Gasteiger partial charge in [0.2, 0.25) is 0 Å². The minimum atomic E-state index is -0.587. The maximum absolute atomic E-state index is 11.6. The number of rotatable bonds is 7. The molecule has 134 valence electrons. The van der Waals surface area contributed by atoms with Gasteiger partial charge in [0.15, 0.2) is 6.10 Å². The quantitative estimate of drug-likeness (QED) is 0.693. The molecule has 7 heteroatoms. The zero-order chi connectivity index (χ0) is 17.5. The Balaban J connectivity index is 2.26. The number of carbonyl (C=O) groups excluding carboxylic acids is 1. The molecule has 1 aromatic rings. The highest BCUT2D eigenvalue weighted by atomic mass is 32.2. The summed E-state index contributed by atoms with van der Waals surface area (Å²) in [7, 11) is 4.76. The third-order valence-electron chi connectivity index (χ3n) is 3.76. The molecular formula is C17H24O6S. The van der Waals surface area contributed by atoms with Crippen molar-refractivity contribution in [2.24, 2.45) is 0 Å². The summed E-state index contributed by atoms with van der Waals surface area (Å²) >= 11 is 1.49. The second-order valence-electron chi connectivity index (χ2n) is 5.40. The summed E-state index contributed by atoms with van der Waals surface area (Å²) in [6.07, 6.45) is -1.75. The molecule has 0 bridgehead atoms. The molecule has 0 aromatic heterocycles. The average Bonchev–Trinajstić information content (AvgIpc) is 2.57. The molecule has 0 aliphatic carbocycles. The predicted octanol–water partition coefficient (Wildman–Crippen LogP) is 2.11. The van der Waals surface area contributed by atoms with E-state index >= 15 is 0 Å². The number of benzene rings is 1. The van der Waals surface area contributed by atoms with Crippen molar-refractivity contribution in [3.8, 4) is 0 Å². The first-order valence-electron chi connectivity index (χ1n) is 7.69. The van der Waals surface area contributed by atoms with Crippen LogP contribution in [0.2, 0.25) is 0 Å². The van der Waals surface area contributed by atoms with Crippen LogP contribution in [0.5, 0.6) is 0 Å². The zero-order valence-corrected chi connectivity index (χ0v) is 15.2. The highest BCUT2D eigenvalue weighted by molar-refractivity contribution is 7.99. The van der Waals surface area contributed by atoms with Gasteiger partial charge in [-0.25, -0.2) is 0 Å². The molecule has 6 nitrogen and oxygen atoms in total. The molecule has 1 aliphatic rings. The lowest BCUT2D eigenvalue weighted by atomic mass is 9.99. The number of ether oxygens (including phenoxy) is 5. The van der Waals surface area contributed by atoms with Gasteiger partial charge in [0, 0.05) is 33.1 Å².